The number of carboxylic acid groups (broad SMARTS) is 1. The van der Waals surface area contributed by atoms with Crippen molar-refractivity contribution in [3.8, 4) is 0 Å². The Hall–Kier alpha value is -2.02. The van der Waals surface area contributed by atoms with Crippen LogP contribution >= 0.6 is 0 Å². The minimum Gasteiger partial charge on any atom is -0.512 e. The number of carbonyl (C=O) groups is 2. The summed E-state index contributed by atoms with van der Waals surface area (Å²) in [4.78, 5) is 23.1. The number of esters is 1. The predicted octanol–water partition coefficient (Wildman–Crippen LogP) is 4.27. The molecule has 0 aromatic rings. The average Bonchev–Trinajstić information content (AvgIpc) is 2.70. The first-order valence-corrected chi connectivity index (χ1v) is 11.1. The summed E-state index contributed by atoms with van der Waals surface area (Å²) in [6.45, 7) is 5.64. The van der Waals surface area contributed by atoms with Gasteiger partial charge in [0.1, 0.15) is 18.0 Å². The zero-order chi connectivity index (χ0) is 22.4. The lowest BCUT2D eigenvalue weighted by Crippen LogP contribution is -2.45. The van der Waals surface area contributed by atoms with Crippen molar-refractivity contribution in [1.82, 2.24) is 0 Å². The van der Waals surface area contributed by atoms with E-state index in [4.69, 9.17) is 9.84 Å². The van der Waals surface area contributed by atoms with E-state index in [1.165, 1.54) is 6.08 Å². The number of aliphatic hydroxyl groups is 3. The molecule has 0 unspecified atom stereocenters. The summed E-state index contributed by atoms with van der Waals surface area (Å²) < 4.78 is 5.80. The van der Waals surface area contributed by atoms with Gasteiger partial charge in [-0.3, -0.25) is 9.59 Å². The third-order valence-electron chi connectivity index (χ3n) is 6.66. The first-order chi connectivity index (χ1) is 14.2. The number of aliphatic hydroxyl groups excluding tert-OH is 3. The van der Waals surface area contributed by atoms with Gasteiger partial charge < -0.3 is 25.2 Å². The number of ether oxygens (including phenoxy) is 1. The second kappa shape index (κ2) is 10.8. The highest BCUT2D eigenvalue weighted by Crippen LogP contribution is 2.47. The summed E-state index contributed by atoms with van der Waals surface area (Å²) in [6.07, 6.45) is 4.72. The van der Waals surface area contributed by atoms with E-state index in [2.05, 4.69) is 0 Å². The lowest BCUT2D eigenvalue weighted by Gasteiger charge is -2.44. The number of rotatable bonds is 10. The predicted molar refractivity (Wildman–Crippen MR) is 112 cm³/mol. The van der Waals surface area contributed by atoms with E-state index in [-0.39, 0.29) is 54.0 Å². The van der Waals surface area contributed by atoms with Crippen molar-refractivity contribution >= 4 is 11.9 Å². The molecule has 2 rings (SSSR count). The van der Waals surface area contributed by atoms with Crippen molar-refractivity contribution in [1.29, 1.82) is 0 Å². The third-order valence-corrected chi connectivity index (χ3v) is 6.66. The minimum atomic E-state index is -1.12. The summed E-state index contributed by atoms with van der Waals surface area (Å²) in [5.41, 5.74) is 0.460. The highest BCUT2D eigenvalue weighted by Gasteiger charge is 2.46. The van der Waals surface area contributed by atoms with Gasteiger partial charge in [-0.05, 0) is 31.3 Å². The molecule has 0 amide bonds. The topological polar surface area (TPSA) is 124 Å². The van der Waals surface area contributed by atoms with Gasteiger partial charge in [-0.25, -0.2) is 0 Å². The van der Waals surface area contributed by atoms with Crippen molar-refractivity contribution in [2.24, 2.45) is 23.7 Å². The Bertz CT molecular complexity index is 681. The van der Waals surface area contributed by atoms with Crippen LogP contribution < -0.4 is 0 Å². The molecule has 0 radical (unpaired) electrons. The van der Waals surface area contributed by atoms with Crippen LogP contribution in [-0.4, -0.2) is 44.6 Å². The van der Waals surface area contributed by atoms with Crippen LogP contribution in [0.4, 0.5) is 0 Å². The molecular formula is C23H36O7. The highest BCUT2D eigenvalue weighted by molar-refractivity contribution is 5.72. The fraction of sp³-hybridized carbons (Fsp3) is 0.739. The van der Waals surface area contributed by atoms with E-state index in [9.17, 15) is 24.9 Å². The maximum Gasteiger partial charge on any atom is 0.308 e. The molecule has 0 aromatic carbocycles. The fourth-order valence-corrected chi connectivity index (χ4v) is 4.53. The van der Waals surface area contributed by atoms with Gasteiger partial charge in [0.2, 0.25) is 0 Å². The normalized spacial score (nSPS) is 29.7. The molecule has 7 nitrogen and oxygen atoms in total. The van der Waals surface area contributed by atoms with Crippen LogP contribution in [0.3, 0.4) is 0 Å². The van der Waals surface area contributed by atoms with Crippen LogP contribution in [0.5, 0.6) is 0 Å². The quantitative estimate of drug-likeness (QED) is 0.305. The molecule has 170 valence electrons. The molecule has 4 N–H and O–H groups in total. The molecule has 0 heterocycles. The molecule has 0 bridgehead atoms. The lowest BCUT2D eigenvalue weighted by atomic mass is 9.65. The van der Waals surface area contributed by atoms with Gasteiger partial charge in [0.05, 0.1) is 11.7 Å². The van der Waals surface area contributed by atoms with E-state index in [1.54, 1.807) is 6.92 Å². The first kappa shape index (κ1) is 24.3. The third kappa shape index (κ3) is 5.78. The smallest absolute Gasteiger partial charge is 0.308 e. The largest absolute Gasteiger partial charge is 0.512 e. The molecule has 0 spiro atoms. The van der Waals surface area contributed by atoms with Gasteiger partial charge in [-0.1, -0.05) is 40.0 Å². The number of fused-ring (bicyclic) bond motifs is 1. The number of allylic oxidation sites excluding steroid dienone is 2. The van der Waals surface area contributed by atoms with Gasteiger partial charge in [0, 0.05) is 30.3 Å². The number of hydrogen-bond acceptors (Lipinski definition) is 6. The summed E-state index contributed by atoms with van der Waals surface area (Å²) >= 11 is 0. The van der Waals surface area contributed by atoms with Gasteiger partial charge in [0.15, 0.2) is 0 Å². The zero-order valence-corrected chi connectivity index (χ0v) is 18.2. The monoisotopic (exact) mass is 424 g/mol. The number of hydrogen-bond donors (Lipinski definition) is 4. The van der Waals surface area contributed by atoms with Crippen LogP contribution in [0, 0.1) is 23.7 Å². The lowest BCUT2D eigenvalue weighted by molar-refractivity contribution is -0.160. The van der Waals surface area contributed by atoms with Crippen molar-refractivity contribution in [3.63, 3.8) is 0 Å². The first-order valence-electron chi connectivity index (χ1n) is 11.1. The van der Waals surface area contributed by atoms with E-state index < -0.39 is 18.2 Å². The van der Waals surface area contributed by atoms with Crippen molar-refractivity contribution in [2.45, 2.75) is 84.3 Å². The fourth-order valence-electron chi connectivity index (χ4n) is 4.53. The number of carboxylic acids is 1. The Labute approximate surface area is 178 Å². The maximum absolute atomic E-state index is 12.4. The summed E-state index contributed by atoms with van der Waals surface area (Å²) in [7, 11) is 0. The SMILES string of the molecule is CC[C@H](C)C(=O)O[C@H]1C[C@H](O)C(O)=C2C=C(O)[C@@H](C)[C@@H](CCCCCCC(=O)O)[C@H]21. The molecule has 0 aliphatic heterocycles. The molecule has 0 aromatic heterocycles. The van der Waals surface area contributed by atoms with E-state index in [0.29, 0.717) is 18.4 Å². The molecule has 6 atom stereocenters. The zero-order valence-electron chi connectivity index (χ0n) is 18.2. The van der Waals surface area contributed by atoms with Crippen LogP contribution in [0.1, 0.15) is 72.1 Å². The van der Waals surface area contributed by atoms with Crippen molar-refractivity contribution in [3.05, 3.63) is 23.2 Å². The standard InChI is InChI=1S/C23H36O7/c1-4-13(2)23(29)30-19-12-18(25)22(28)16-11-17(24)14(3)15(21(16)19)9-7-5-6-8-10-20(26)27/h11,13-15,18-19,21,24-25,28H,4-10,12H2,1-3H3,(H,26,27)/t13-,14-,15+,18-,19-,21+/m0/s1. The van der Waals surface area contributed by atoms with E-state index in [0.717, 1.165) is 25.7 Å². The van der Waals surface area contributed by atoms with E-state index in [1.807, 2.05) is 13.8 Å². The van der Waals surface area contributed by atoms with Gasteiger partial charge >= 0.3 is 11.9 Å². The van der Waals surface area contributed by atoms with Crippen LogP contribution in [-0.2, 0) is 14.3 Å². The van der Waals surface area contributed by atoms with Crippen LogP contribution in [0.25, 0.3) is 0 Å². The molecule has 7 heteroatoms. The second-order valence-electron chi connectivity index (χ2n) is 8.77. The van der Waals surface area contributed by atoms with Crippen LogP contribution in [0.2, 0.25) is 0 Å². The molecule has 30 heavy (non-hydrogen) atoms. The number of aliphatic carboxylic acids is 1. The molecule has 0 saturated heterocycles. The van der Waals surface area contributed by atoms with Crippen molar-refractivity contribution in [2.75, 3.05) is 0 Å². The molecule has 0 saturated carbocycles. The molecule has 2 aliphatic carbocycles. The number of unbranched alkanes of at least 4 members (excludes halogenated alkanes) is 3. The van der Waals surface area contributed by atoms with Gasteiger partial charge in [0.25, 0.3) is 0 Å². The van der Waals surface area contributed by atoms with E-state index >= 15 is 0 Å². The van der Waals surface area contributed by atoms with Gasteiger partial charge in [-0.2, -0.15) is 0 Å². The van der Waals surface area contributed by atoms with Crippen LogP contribution in [0.15, 0.2) is 23.2 Å². The summed E-state index contributed by atoms with van der Waals surface area (Å²) in [6, 6.07) is 0. The Balaban J connectivity index is 2.17. The Kier molecular flexibility index (Phi) is 8.77. The Morgan fingerprint density at radius 3 is 2.50 bits per heavy atom. The number of carbonyl (C=O) groups excluding carboxylic acids is 1. The molecule has 2 aliphatic rings. The molecule has 0 fully saturated rings. The maximum atomic E-state index is 12.4. The Morgan fingerprint density at radius 1 is 1.20 bits per heavy atom. The highest BCUT2D eigenvalue weighted by atomic mass is 16.5. The second-order valence-corrected chi connectivity index (χ2v) is 8.77. The van der Waals surface area contributed by atoms with Crippen molar-refractivity contribution < 1.29 is 34.8 Å². The Morgan fingerprint density at radius 2 is 1.87 bits per heavy atom. The summed E-state index contributed by atoms with van der Waals surface area (Å²) in [5, 5.41) is 40.0. The minimum absolute atomic E-state index is 0.0474. The summed E-state index contributed by atoms with van der Waals surface area (Å²) in [5.74, 6) is -1.84. The average molecular weight is 425 g/mol. The molecular weight excluding hydrogens is 388 g/mol. The van der Waals surface area contributed by atoms with Gasteiger partial charge in [-0.15, -0.1) is 0 Å².